The maximum Gasteiger partial charge on any atom is 0.425 e. The summed E-state index contributed by atoms with van der Waals surface area (Å²) >= 11 is 0. The Hall–Kier alpha value is -1.99. The van der Waals surface area contributed by atoms with Crippen LogP contribution in [0.3, 0.4) is 0 Å². The molecule has 8 heteroatoms. The molecular formula is C10H19N3O5. The highest BCUT2D eigenvalue weighted by molar-refractivity contribution is 5.78. The van der Waals surface area contributed by atoms with Gasteiger partial charge in [-0.2, -0.15) is 0 Å². The SMILES string of the molecule is COC(=O)NNC(=O)NCCC(=O)OC(C)(C)C. The van der Waals surface area contributed by atoms with Crippen molar-refractivity contribution in [3.8, 4) is 0 Å². The molecule has 0 aromatic heterocycles. The van der Waals surface area contributed by atoms with Crippen molar-refractivity contribution in [1.82, 2.24) is 16.2 Å². The van der Waals surface area contributed by atoms with Gasteiger partial charge >= 0.3 is 18.1 Å². The number of carbonyl (C=O) groups is 3. The number of methoxy groups -OCH3 is 1. The normalized spacial score (nSPS) is 10.2. The lowest BCUT2D eigenvalue weighted by molar-refractivity contribution is -0.154. The van der Waals surface area contributed by atoms with Crippen LogP contribution in [0.15, 0.2) is 0 Å². The van der Waals surface area contributed by atoms with Gasteiger partial charge < -0.3 is 14.8 Å². The Morgan fingerprint density at radius 3 is 2.22 bits per heavy atom. The van der Waals surface area contributed by atoms with Crippen LogP contribution in [0.2, 0.25) is 0 Å². The molecule has 0 aromatic carbocycles. The van der Waals surface area contributed by atoms with Gasteiger partial charge in [-0.3, -0.25) is 4.79 Å². The van der Waals surface area contributed by atoms with E-state index >= 15 is 0 Å². The molecule has 104 valence electrons. The Morgan fingerprint density at radius 2 is 1.72 bits per heavy atom. The van der Waals surface area contributed by atoms with E-state index in [9.17, 15) is 14.4 Å². The van der Waals surface area contributed by atoms with E-state index in [0.29, 0.717) is 0 Å². The van der Waals surface area contributed by atoms with E-state index in [-0.39, 0.29) is 13.0 Å². The predicted octanol–water partition coefficient (Wildman–Crippen LogP) is 0.288. The number of hydrogen-bond acceptors (Lipinski definition) is 5. The molecule has 0 rings (SSSR count). The summed E-state index contributed by atoms with van der Waals surface area (Å²) in [5.41, 5.74) is 3.45. The zero-order chi connectivity index (χ0) is 14.2. The molecular weight excluding hydrogens is 242 g/mol. The first-order valence-electron chi connectivity index (χ1n) is 5.34. The smallest absolute Gasteiger partial charge is 0.425 e. The maximum atomic E-state index is 11.3. The third-order valence-electron chi connectivity index (χ3n) is 1.50. The summed E-state index contributed by atoms with van der Waals surface area (Å²) < 4.78 is 9.27. The maximum absolute atomic E-state index is 11.3. The molecule has 0 aliphatic heterocycles. The molecule has 0 fully saturated rings. The number of ether oxygens (including phenoxy) is 2. The van der Waals surface area contributed by atoms with E-state index in [4.69, 9.17) is 4.74 Å². The minimum Gasteiger partial charge on any atom is -0.460 e. The fourth-order valence-corrected chi connectivity index (χ4v) is 0.874. The summed E-state index contributed by atoms with van der Waals surface area (Å²) in [7, 11) is 1.16. The van der Waals surface area contributed by atoms with Gasteiger partial charge in [0, 0.05) is 6.54 Å². The van der Waals surface area contributed by atoms with Gasteiger partial charge in [0.05, 0.1) is 13.5 Å². The van der Waals surface area contributed by atoms with Crippen LogP contribution in [0.1, 0.15) is 27.2 Å². The van der Waals surface area contributed by atoms with Gasteiger partial charge in [0.1, 0.15) is 5.60 Å². The van der Waals surface area contributed by atoms with Gasteiger partial charge in [0.25, 0.3) is 0 Å². The lowest BCUT2D eigenvalue weighted by atomic mass is 10.2. The molecule has 0 saturated heterocycles. The van der Waals surface area contributed by atoms with Gasteiger partial charge in [-0.05, 0) is 20.8 Å². The molecule has 0 bridgehead atoms. The van der Waals surface area contributed by atoms with Gasteiger partial charge in [-0.1, -0.05) is 0 Å². The average Bonchev–Trinajstić information content (AvgIpc) is 2.23. The average molecular weight is 261 g/mol. The molecule has 18 heavy (non-hydrogen) atoms. The lowest BCUT2D eigenvalue weighted by Gasteiger charge is -2.19. The first-order valence-corrected chi connectivity index (χ1v) is 5.34. The first kappa shape index (κ1) is 16.0. The molecule has 0 radical (unpaired) electrons. The third-order valence-corrected chi connectivity index (χ3v) is 1.50. The number of hydrogen-bond donors (Lipinski definition) is 3. The summed E-state index contributed by atoms with van der Waals surface area (Å²) in [6, 6.07) is -0.649. The predicted molar refractivity (Wildman–Crippen MR) is 62.5 cm³/mol. The first-order chi connectivity index (χ1) is 8.24. The molecule has 3 N–H and O–H groups in total. The molecule has 0 heterocycles. The van der Waals surface area contributed by atoms with E-state index in [1.54, 1.807) is 20.8 Å². The number of carbonyl (C=O) groups excluding carboxylic acids is 3. The van der Waals surface area contributed by atoms with Crippen LogP contribution >= 0.6 is 0 Å². The molecule has 0 saturated carbocycles. The number of amides is 3. The van der Waals surface area contributed by atoms with Crippen LogP contribution in [0.4, 0.5) is 9.59 Å². The van der Waals surface area contributed by atoms with Crippen LogP contribution < -0.4 is 16.2 Å². The fourth-order valence-electron chi connectivity index (χ4n) is 0.874. The van der Waals surface area contributed by atoms with Gasteiger partial charge in [0.15, 0.2) is 0 Å². The van der Waals surface area contributed by atoms with Crippen molar-refractivity contribution in [2.75, 3.05) is 13.7 Å². The second-order valence-electron chi connectivity index (χ2n) is 4.33. The summed E-state index contributed by atoms with van der Waals surface area (Å²) in [5, 5.41) is 2.36. The van der Waals surface area contributed by atoms with Gasteiger partial charge in [-0.25, -0.2) is 20.4 Å². The summed E-state index contributed by atoms with van der Waals surface area (Å²) in [4.78, 5) is 33.0. The largest absolute Gasteiger partial charge is 0.460 e. The highest BCUT2D eigenvalue weighted by atomic mass is 16.6. The number of hydrazine groups is 1. The minimum atomic E-state index is -0.794. The van der Waals surface area contributed by atoms with Crippen molar-refractivity contribution in [3.63, 3.8) is 0 Å². The molecule has 0 aliphatic carbocycles. The molecule has 0 aromatic rings. The highest BCUT2D eigenvalue weighted by Crippen LogP contribution is 2.07. The van der Waals surface area contributed by atoms with Gasteiger partial charge in [-0.15, -0.1) is 0 Å². The summed E-state index contributed by atoms with van der Waals surface area (Å²) in [6.07, 6.45) is -0.750. The second kappa shape index (κ2) is 7.36. The standard InChI is InChI=1S/C10H19N3O5/c1-10(2,3)18-7(14)5-6-11-8(15)12-13-9(16)17-4/h5-6H2,1-4H3,(H,13,16)(H2,11,12,15). The quantitative estimate of drug-likeness (QED) is 0.500. The van der Waals surface area contributed by atoms with Crippen LogP contribution in [-0.2, 0) is 14.3 Å². The number of nitrogens with one attached hydrogen (secondary N) is 3. The molecule has 8 nitrogen and oxygen atoms in total. The van der Waals surface area contributed by atoms with Crippen molar-refractivity contribution in [2.24, 2.45) is 0 Å². The van der Waals surface area contributed by atoms with Crippen molar-refractivity contribution in [1.29, 1.82) is 0 Å². The lowest BCUT2D eigenvalue weighted by Crippen LogP contribution is -2.47. The Bertz CT molecular complexity index is 311. The molecule has 0 unspecified atom stereocenters. The van der Waals surface area contributed by atoms with E-state index < -0.39 is 23.7 Å². The topological polar surface area (TPSA) is 106 Å². The van der Waals surface area contributed by atoms with Crippen LogP contribution in [0.5, 0.6) is 0 Å². The van der Waals surface area contributed by atoms with E-state index in [0.717, 1.165) is 7.11 Å². The molecule has 0 spiro atoms. The second-order valence-corrected chi connectivity index (χ2v) is 4.33. The Balaban J connectivity index is 3.68. The van der Waals surface area contributed by atoms with Crippen LogP contribution in [-0.4, -0.2) is 37.3 Å². The van der Waals surface area contributed by atoms with Gasteiger partial charge in [0.2, 0.25) is 0 Å². The molecule has 0 atom stereocenters. The van der Waals surface area contributed by atoms with Crippen molar-refractivity contribution in [2.45, 2.75) is 32.8 Å². The van der Waals surface area contributed by atoms with Crippen molar-refractivity contribution < 1.29 is 23.9 Å². The molecule has 3 amide bonds. The van der Waals surface area contributed by atoms with Crippen molar-refractivity contribution in [3.05, 3.63) is 0 Å². The van der Waals surface area contributed by atoms with E-state index in [2.05, 4.69) is 10.1 Å². The number of rotatable bonds is 3. The third kappa shape index (κ3) is 9.25. The van der Waals surface area contributed by atoms with Crippen LogP contribution in [0.25, 0.3) is 0 Å². The Kier molecular flexibility index (Phi) is 6.54. The Labute approximate surface area is 105 Å². The minimum absolute atomic E-state index is 0.0446. The number of urea groups is 1. The summed E-state index contributed by atoms with van der Waals surface area (Å²) in [5.74, 6) is -0.413. The van der Waals surface area contributed by atoms with Crippen LogP contribution in [0, 0.1) is 0 Å². The Morgan fingerprint density at radius 1 is 1.11 bits per heavy atom. The number of esters is 1. The molecule has 0 aliphatic rings. The van der Waals surface area contributed by atoms with Crippen molar-refractivity contribution >= 4 is 18.1 Å². The highest BCUT2D eigenvalue weighted by Gasteiger charge is 2.15. The monoisotopic (exact) mass is 261 g/mol. The van der Waals surface area contributed by atoms with E-state index in [1.165, 1.54) is 0 Å². The zero-order valence-electron chi connectivity index (χ0n) is 11.0. The fraction of sp³-hybridized carbons (Fsp3) is 0.700. The summed E-state index contributed by atoms with van der Waals surface area (Å²) in [6.45, 7) is 5.37. The zero-order valence-corrected chi connectivity index (χ0v) is 11.0. The van der Waals surface area contributed by atoms with E-state index in [1.807, 2.05) is 10.9 Å².